The molecule has 0 amide bonds. The summed E-state index contributed by atoms with van der Waals surface area (Å²) in [4.78, 5) is 18.5. The molecule has 0 spiro atoms. The topological polar surface area (TPSA) is 72.4 Å². The molecule has 1 saturated heterocycles. The van der Waals surface area contributed by atoms with Gasteiger partial charge in [0.05, 0.1) is 27.4 Å². The third-order valence-electron chi connectivity index (χ3n) is 5.24. The Labute approximate surface area is 200 Å². The summed E-state index contributed by atoms with van der Waals surface area (Å²) in [6.07, 6.45) is 0.0120. The third kappa shape index (κ3) is 6.10. The number of esters is 1. The molecular formula is C23H30IN3O4. The quantitative estimate of drug-likeness (QED) is 0.271. The van der Waals surface area contributed by atoms with E-state index in [1.807, 2.05) is 24.3 Å². The zero-order chi connectivity index (χ0) is 21.5. The average molecular weight is 539 g/mol. The molecule has 8 heteroatoms. The molecule has 0 bridgehead atoms. The Bertz CT molecular complexity index is 919. The molecule has 7 nitrogen and oxygen atoms in total. The Hall–Kier alpha value is -2.33. The van der Waals surface area contributed by atoms with E-state index in [1.165, 1.54) is 25.3 Å². The number of morpholine rings is 1. The highest BCUT2D eigenvalue weighted by Gasteiger charge is 2.25. The van der Waals surface area contributed by atoms with Crippen molar-refractivity contribution in [3.63, 3.8) is 0 Å². The molecular weight excluding hydrogens is 509 g/mol. The maximum Gasteiger partial charge on any atom is 0.341 e. The smallest absolute Gasteiger partial charge is 0.341 e. The zero-order valence-electron chi connectivity index (χ0n) is 18.4. The fourth-order valence-corrected chi connectivity index (χ4v) is 3.62. The third-order valence-corrected chi connectivity index (χ3v) is 5.24. The normalized spacial score (nSPS) is 16.3. The first-order valence-corrected chi connectivity index (χ1v) is 9.95. The van der Waals surface area contributed by atoms with Crippen LogP contribution in [0.2, 0.25) is 0 Å². The Kier molecular flexibility index (Phi) is 9.57. The number of hydrogen-bond donors (Lipinski definition) is 1. The largest absolute Gasteiger partial charge is 0.496 e. The van der Waals surface area contributed by atoms with E-state index < -0.39 is 5.97 Å². The van der Waals surface area contributed by atoms with E-state index in [1.54, 1.807) is 13.1 Å². The zero-order valence-corrected chi connectivity index (χ0v) is 20.7. The number of hydrogen-bond acceptors (Lipinski definition) is 5. The Morgan fingerprint density at radius 1 is 1.26 bits per heavy atom. The minimum Gasteiger partial charge on any atom is -0.496 e. The van der Waals surface area contributed by atoms with Crippen molar-refractivity contribution in [2.24, 2.45) is 4.99 Å². The van der Waals surface area contributed by atoms with E-state index in [0.29, 0.717) is 24.5 Å². The molecule has 168 valence electrons. The van der Waals surface area contributed by atoms with Crippen molar-refractivity contribution in [3.05, 3.63) is 64.7 Å². The molecule has 0 saturated carbocycles. The number of aryl methyl sites for hydroxylation is 1. The van der Waals surface area contributed by atoms with Crippen molar-refractivity contribution in [1.29, 1.82) is 0 Å². The summed E-state index contributed by atoms with van der Waals surface area (Å²) in [5, 5.41) is 3.40. The van der Waals surface area contributed by atoms with Gasteiger partial charge in [-0.3, -0.25) is 4.99 Å². The minimum atomic E-state index is -0.419. The van der Waals surface area contributed by atoms with Crippen LogP contribution in [0.25, 0.3) is 0 Å². The molecule has 2 aromatic carbocycles. The Morgan fingerprint density at radius 3 is 2.71 bits per heavy atom. The van der Waals surface area contributed by atoms with Crippen LogP contribution < -0.4 is 10.1 Å². The molecule has 1 aliphatic heterocycles. The molecule has 1 heterocycles. The monoisotopic (exact) mass is 539 g/mol. The number of nitrogens with one attached hydrogen (secondary N) is 1. The first-order chi connectivity index (χ1) is 14.6. The lowest BCUT2D eigenvalue weighted by atomic mass is 10.0. The molecule has 2 aromatic rings. The van der Waals surface area contributed by atoms with E-state index in [-0.39, 0.29) is 30.1 Å². The highest BCUT2D eigenvalue weighted by molar-refractivity contribution is 14.0. The lowest BCUT2D eigenvalue weighted by Crippen LogP contribution is -2.48. The summed E-state index contributed by atoms with van der Waals surface area (Å²) in [5.74, 6) is 0.882. The van der Waals surface area contributed by atoms with Crippen molar-refractivity contribution < 1.29 is 19.0 Å². The lowest BCUT2D eigenvalue weighted by molar-refractivity contribution is -0.00834. The van der Waals surface area contributed by atoms with Crippen molar-refractivity contribution >= 4 is 35.9 Å². The second kappa shape index (κ2) is 11.9. The predicted molar refractivity (Wildman–Crippen MR) is 131 cm³/mol. The summed E-state index contributed by atoms with van der Waals surface area (Å²) in [7, 11) is 4.67. The fraction of sp³-hybridized carbons (Fsp3) is 0.391. The number of halogens is 1. The van der Waals surface area contributed by atoms with Gasteiger partial charge in [-0.05, 0) is 35.7 Å². The molecule has 1 atom stereocenters. The number of carbonyl (C=O) groups excluding carboxylic acids is 1. The van der Waals surface area contributed by atoms with Gasteiger partial charge < -0.3 is 24.4 Å². The van der Waals surface area contributed by atoms with Gasteiger partial charge in [-0.1, -0.05) is 30.3 Å². The SMILES string of the molecule is CN=C(NCc1ccc(C(=O)OC)c(OC)c1)N1CCOC(c2ccccc2C)C1.I. The van der Waals surface area contributed by atoms with Gasteiger partial charge >= 0.3 is 5.97 Å². The maximum absolute atomic E-state index is 11.8. The van der Waals surface area contributed by atoms with Crippen molar-refractivity contribution in [1.82, 2.24) is 10.2 Å². The van der Waals surface area contributed by atoms with Gasteiger partial charge in [-0.2, -0.15) is 0 Å². The summed E-state index contributed by atoms with van der Waals surface area (Å²) >= 11 is 0. The molecule has 0 aromatic heterocycles. The number of rotatable bonds is 5. The van der Waals surface area contributed by atoms with Crippen LogP contribution in [0, 0.1) is 6.92 Å². The number of aliphatic imine (C=N–C) groups is 1. The molecule has 1 unspecified atom stereocenters. The van der Waals surface area contributed by atoms with E-state index >= 15 is 0 Å². The maximum atomic E-state index is 11.8. The average Bonchev–Trinajstić information content (AvgIpc) is 2.79. The highest BCUT2D eigenvalue weighted by atomic mass is 127. The summed E-state index contributed by atoms with van der Waals surface area (Å²) in [6, 6.07) is 13.7. The van der Waals surface area contributed by atoms with Gasteiger partial charge in [0.1, 0.15) is 17.4 Å². The van der Waals surface area contributed by atoms with E-state index in [2.05, 4.69) is 34.3 Å². The molecule has 31 heavy (non-hydrogen) atoms. The van der Waals surface area contributed by atoms with Crippen LogP contribution in [0.15, 0.2) is 47.5 Å². The molecule has 0 radical (unpaired) electrons. The second-order valence-corrected chi connectivity index (χ2v) is 7.09. The van der Waals surface area contributed by atoms with E-state index in [9.17, 15) is 4.79 Å². The Balaban J connectivity index is 0.00000341. The van der Waals surface area contributed by atoms with Gasteiger partial charge in [0, 0.05) is 20.1 Å². The number of benzene rings is 2. The molecule has 1 aliphatic rings. The predicted octanol–water partition coefficient (Wildman–Crippen LogP) is 3.56. The van der Waals surface area contributed by atoms with Crippen LogP contribution in [0.1, 0.15) is 33.2 Å². The molecule has 3 rings (SSSR count). The minimum absolute atomic E-state index is 0. The number of carbonyl (C=O) groups is 1. The molecule has 0 aliphatic carbocycles. The lowest BCUT2D eigenvalue weighted by Gasteiger charge is -2.35. The Morgan fingerprint density at radius 2 is 2.03 bits per heavy atom. The van der Waals surface area contributed by atoms with Gasteiger partial charge in [0.15, 0.2) is 5.96 Å². The van der Waals surface area contributed by atoms with Gasteiger partial charge in [-0.25, -0.2) is 4.79 Å². The summed E-state index contributed by atoms with van der Waals surface area (Å²) in [6.45, 7) is 4.80. The summed E-state index contributed by atoms with van der Waals surface area (Å²) < 4.78 is 16.2. The van der Waals surface area contributed by atoms with Crippen LogP contribution >= 0.6 is 24.0 Å². The van der Waals surface area contributed by atoms with Crippen molar-refractivity contribution in [2.45, 2.75) is 19.6 Å². The highest BCUT2D eigenvalue weighted by Crippen LogP contribution is 2.25. The van der Waals surface area contributed by atoms with Gasteiger partial charge in [0.2, 0.25) is 0 Å². The molecule has 1 fully saturated rings. The van der Waals surface area contributed by atoms with Crippen molar-refractivity contribution in [3.8, 4) is 5.75 Å². The fourth-order valence-electron chi connectivity index (χ4n) is 3.62. The van der Waals surface area contributed by atoms with Crippen LogP contribution in [0.5, 0.6) is 5.75 Å². The van der Waals surface area contributed by atoms with E-state index in [0.717, 1.165) is 24.6 Å². The molecule has 1 N–H and O–H groups in total. The number of ether oxygens (including phenoxy) is 3. The summed E-state index contributed by atoms with van der Waals surface area (Å²) in [5.41, 5.74) is 3.82. The first-order valence-electron chi connectivity index (χ1n) is 9.95. The van der Waals surface area contributed by atoms with E-state index in [4.69, 9.17) is 14.2 Å². The van der Waals surface area contributed by atoms with Crippen LogP contribution in [0.4, 0.5) is 0 Å². The second-order valence-electron chi connectivity index (χ2n) is 7.09. The van der Waals surface area contributed by atoms with Gasteiger partial charge in [0.25, 0.3) is 0 Å². The number of methoxy groups -OCH3 is 2. The first kappa shape index (κ1) is 24.9. The van der Waals surface area contributed by atoms with Crippen LogP contribution in [0.3, 0.4) is 0 Å². The standard InChI is InChI=1S/C23H29N3O4.HI/c1-16-7-5-6-8-18(16)21-15-26(11-12-30-21)23(24-2)25-14-17-9-10-19(22(27)29-4)20(13-17)28-3;/h5-10,13,21H,11-12,14-15H2,1-4H3,(H,24,25);1H. The van der Waals surface area contributed by atoms with Crippen LogP contribution in [-0.4, -0.2) is 57.8 Å². The number of guanidine groups is 1. The van der Waals surface area contributed by atoms with Gasteiger partial charge in [-0.15, -0.1) is 24.0 Å². The number of nitrogens with zero attached hydrogens (tertiary/aromatic N) is 2. The van der Waals surface area contributed by atoms with Crippen LogP contribution in [-0.2, 0) is 16.0 Å². The van der Waals surface area contributed by atoms with Crippen molar-refractivity contribution in [2.75, 3.05) is 41.0 Å².